The predicted molar refractivity (Wildman–Crippen MR) is 51.5 cm³/mol. The number of rotatable bonds is 5. The average molecular weight is 210 g/mol. The lowest BCUT2D eigenvalue weighted by atomic mass is 10.2. The van der Waals surface area contributed by atoms with Gasteiger partial charge in [0.25, 0.3) is 5.69 Å². The van der Waals surface area contributed by atoms with Crippen LogP contribution < -0.4 is 0 Å². The van der Waals surface area contributed by atoms with Crippen LogP contribution in [0.1, 0.15) is 18.5 Å². The van der Waals surface area contributed by atoms with E-state index in [1.165, 1.54) is 12.3 Å². The maximum Gasteiger partial charge on any atom is 0.303 e. The van der Waals surface area contributed by atoms with E-state index in [9.17, 15) is 14.9 Å². The summed E-state index contributed by atoms with van der Waals surface area (Å²) in [5.74, 6) is -0.850. The van der Waals surface area contributed by atoms with Crippen LogP contribution in [0, 0.1) is 10.1 Å². The Bertz CT molecular complexity index is 361. The molecule has 1 rings (SSSR count). The van der Waals surface area contributed by atoms with E-state index in [1.807, 2.05) is 0 Å². The lowest BCUT2D eigenvalue weighted by Gasteiger charge is -1.97. The number of aliphatic carboxylic acids is 1. The van der Waals surface area contributed by atoms with Crippen molar-refractivity contribution < 1.29 is 14.8 Å². The number of nitro groups is 1. The normalized spacial score (nSPS) is 9.87. The zero-order chi connectivity index (χ0) is 11.3. The first-order chi connectivity index (χ1) is 7.09. The summed E-state index contributed by atoms with van der Waals surface area (Å²) >= 11 is 0. The van der Waals surface area contributed by atoms with Crippen molar-refractivity contribution in [1.82, 2.24) is 4.98 Å². The third-order valence-electron chi connectivity index (χ3n) is 1.84. The van der Waals surface area contributed by atoms with E-state index in [2.05, 4.69) is 4.98 Å². The molecule has 1 aromatic heterocycles. The minimum absolute atomic E-state index is 0.0583. The summed E-state index contributed by atoms with van der Waals surface area (Å²) in [6, 6.07) is 2.91. The van der Waals surface area contributed by atoms with Gasteiger partial charge in [0.1, 0.15) is 6.20 Å². The van der Waals surface area contributed by atoms with Gasteiger partial charge in [0.15, 0.2) is 0 Å². The van der Waals surface area contributed by atoms with Gasteiger partial charge in [-0.25, -0.2) is 0 Å². The fourth-order valence-electron chi connectivity index (χ4n) is 1.09. The van der Waals surface area contributed by atoms with E-state index in [1.54, 1.807) is 6.07 Å². The SMILES string of the molecule is O=C(O)CCCc1ccc([N+](=O)[O-])cn1. The fourth-order valence-corrected chi connectivity index (χ4v) is 1.09. The van der Waals surface area contributed by atoms with Crippen LogP contribution in [0.2, 0.25) is 0 Å². The Hall–Kier alpha value is -1.98. The highest BCUT2D eigenvalue weighted by Crippen LogP contribution is 2.10. The van der Waals surface area contributed by atoms with E-state index in [4.69, 9.17) is 5.11 Å². The van der Waals surface area contributed by atoms with Crippen LogP contribution in [-0.4, -0.2) is 21.0 Å². The summed E-state index contributed by atoms with van der Waals surface area (Å²) in [6.07, 6.45) is 2.26. The van der Waals surface area contributed by atoms with E-state index in [0.29, 0.717) is 18.5 Å². The minimum atomic E-state index is -0.850. The van der Waals surface area contributed by atoms with Crippen molar-refractivity contribution in [3.05, 3.63) is 34.1 Å². The van der Waals surface area contributed by atoms with Gasteiger partial charge in [-0.15, -0.1) is 0 Å². The number of aromatic nitrogens is 1. The Labute approximate surface area is 85.7 Å². The Morgan fingerprint density at radius 1 is 1.53 bits per heavy atom. The van der Waals surface area contributed by atoms with Crippen molar-refractivity contribution in [3.8, 4) is 0 Å². The molecule has 0 aliphatic heterocycles. The molecular formula is C9H10N2O4. The van der Waals surface area contributed by atoms with Crippen LogP contribution in [0.15, 0.2) is 18.3 Å². The van der Waals surface area contributed by atoms with Gasteiger partial charge in [-0.05, 0) is 18.9 Å². The summed E-state index contributed by atoms with van der Waals surface area (Å²) in [4.78, 5) is 23.9. The molecule has 0 radical (unpaired) electrons. The number of nitrogens with zero attached hydrogens (tertiary/aromatic N) is 2. The van der Waals surface area contributed by atoms with Crippen LogP contribution >= 0.6 is 0 Å². The standard InChI is InChI=1S/C9H10N2O4/c12-9(13)3-1-2-7-4-5-8(6-10-7)11(14)15/h4-6H,1-3H2,(H,12,13). The summed E-state index contributed by atoms with van der Waals surface area (Å²) in [5.41, 5.74) is 0.610. The smallest absolute Gasteiger partial charge is 0.303 e. The third-order valence-corrected chi connectivity index (χ3v) is 1.84. The molecule has 15 heavy (non-hydrogen) atoms. The van der Waals surface area contributed by atoms with E-state index < -0.39 is 10.9 Å². The molecule has 0 fully saturated rings. The average Bonchev–Trinajstić information content (AvgIpc) is 2.18. The third kappa shape index (κ3) is 3.72. The zero-order valence-electron chi connectivity index (χ0n) is 7.92. The van der Waals surface area contributed by atoms with Crippen LogP contribution in [0.25, 0.3) is 0 Å². The van der Waals surface area contributed by atoms with Crippen LogP contribution in [0.3, 0.4) is 0 Å². The molecule has 1 N–H and O–H groups in total. The van der Waals surface area contributed by atoms with Crippen LogP contribution in [-0.2, 0) is 11.2 Å². The van der Waals surface area contributed by atoms with Crippen molar-refractivity contribution in [2.45, 2.75) is 19.3 Å². The number of carbonyl (C=O) groups is 1. The van der Waals surface area contributed by atoms with Gasteiger partial charge in [0.05, 0.1) is 4.92 Å². The number of hydrogen-bond donors (Lipinski definition) is 1. The summed E-state index contributed by atoms with van der Waals surface area (Å²) in [6.45, 7) is 0. The predicted octanol–water partition coefficient (Wildman–Crippen LogP) is 1.40. The molecule has 1 aromatic rings. The molecule has 0 amide bonds. The first-order valence-electron chi connectivity index (χ1n) is 4.40. The number of carboxylic acids is 1. The zero-order valence-corrected chi connectivity index (χ0v) is 7.92. The number of aryl methyl sites for hydroxylation is 1. The number of pyridine rings is 1. The molecular weight excluding hydrogens is 200 g/mol. The highest BCUT2D eigenvalue weighted by atomic mass is 16.6. The van der Waals surface area contributed by atoms with Crippen molar-refractivity contribution in [2.75, 3.05) is 0 Å². The van der Waals surface area contributed by atoms with E-state index in [-0.39, 0.29) is 12.1 Å². The molecule has 0 saturated heterocycles. The molecule has 80 valence electrons. The molecule has 6 heteroatoms. The van der Waals surface area contributed by atoms with Gasteiger partial charge in [-0.2, -0.15) is 0 Å². The van der Waals surface area contributed by atoms with E-state index >= 15 is 0 Å². The van der Waals surface area contributed by atoms with Gasteiger partial charge in [0.2, 0.25) is 0 Å². The van der Waals surface area contributed by atoms with Crippen LogP contribution in [0.4, 0.5) is 5.69 Å². The monoisotopic (exact) mass is 210 g/mol. The largest absolute Gasteiger partial charge is 0.481 e. The molecule has 0 aromatic carbocycles. The van der Waals surface area contributed by atoms with Gasteiger partial charge >= 0.3 is 5.97 Å². The lowest BCUT2D eigenvalue weighted by molar-refractivity contribution is -0.385. The topological polar surface area (TPSA) is 93.3 Å². The second-order valence-corrected chi connectivity index (χ2v) is 3.01. The molecule has 0 saturated carbocycles. The lowest BCUT2D eigenvalue weighted by Crippen LogP contribution is -1.97. The molecule has 0 unspecified atom stereocenters. The van der Waals surface area contributed by atoms with Gasteiger partial charge in [-0.3, -0.25) is 19.9 Å². The molecule has 0 atom stereocenters. The van der Waals surface area contributed by atoms with Crippen molar-refractivity contribution in [2.24, 2.45) is 0 Å². The highest BCUT2D eigenvalue weighted by molar-refractivity contribution is 5.66. The fraction of sp³-hybridized carbons (Fsp3) is 0.333. The highest BCUT2D eigenvalue weighted by Gasteiger charge is 2.05. The maximum atomic E-state index is 10.3. The second-order valence-electron chi connectivity index (χ2n) is 3.01. The quantitative estimate of drug-likeness (QED) is 0.585. The Kier molecular flexibility index (Phi) is 3.73. The van der Waals surface area contributed by atoms with Gasteiger partial charge in [-0.1, -0.05) is 0 Å². The molecule has 1 heterocycles. The minimum Gasteiger partial charge on any atom is -0.481 e. The summed E-state index contributed by atoms with van der Waals surface area (Å²) < 4.78 is 0. The Morgan fingerprint density at radius 3 is 2.73 bits per heavy atom. The number of carboxylic acid groups (broad SMARTS) is 1. The molecule has 6 nitrogen and oxygen atoms in total. The summed E-state index contributed by atoms with van der Waals surface area (Å²) in [7, 11) is 0. The van der Waals surface area contributed by atoms with Gasteiger partial charge in [0, 0.05) is 18.2 Å². The molecule has 0 aliphatic rings. The van der Waals surface area contributed by atoms with Gasteiger partial charge < -0.3 is 5.11 Å². The first-order valence-corrected chi connectivity index (χ1v) is 4.40. The Morgan fingerprint density at radius 2 is 2.27 bits per heavy atom. The second kappa shape index (κ2) is 5.04. The summed E-state index contributed by atoms with van der Waals surface area (Å²) in [5, 5.41) is 18.7. The Balaban J connectivity index is 2.50. The van der Waals surface area contributed by atoms with Crippen molar-refractivity contribution in [1.29, 1.82) is 0 Å². The van der Waals surface area contributed by atoms with Crippen molar-refractivity contribution in [3.63, 3.8) is 0 Å². The molecule has 0 spiro atoms. The molecule has 0 aliphatic carbocycles. The number of hydrogen-bond acceptors (Lipinski definition) is 4. The first kappa shape index (κ1) is 11.1. The van der Waals surface area contributed by atoms with E-state index in [0.717, 1.165) is 0 Å². The van der Waals surface area contributed by atoms with Crippen molar-refractivity contribution >= 4 is 11.7 Å². The molecule has 0 bridgehead atoms. The van der Waals surface area contributed by atoms with Crippen LogP contribution in [0.5, 0.6) is 0 Å². The maximum absolute atomic E-state index is 10.3.